The van der Waals surface area contributed by atoms with Crippen molar-refractivity contribution < 1.29 is 0 Å². The summed E-state index contributed by atoms with van der Waals surface area (Å²) in [7, 11) is 0. The molecule has 0 fully saturated rings. The molecule has 0 atom stereocenters. The van der Waals surface area contributed by atoms with Crippen LogP contribution in [0.2, 0.25) is 0 Å². The lowest BCUT2D eigenvalue weighted by atomic mass is 10.1. The highest BCUT2D eigenvalue weighted by atomic mass is 14.9. The summed E-state index contributed by atoms with van der Waals surface area (Å²) in [5.41, 5.74) is 9.19. The minimum atomic E-state index is 0.617. The van der Waals surface area contributed by atoms with Crippen LogP contribution in [-0.2, 0) is 12.8 Å². The fourth-order valence-electron chi connectivity index (χ4n) is 1.97. The summed E-state index contributed by atoms with van der Waals surface area (Å²) in [6.45, 7) is 4.06. The van der Waals surface area contributed by atoms with Gasteiger partial charge in [-0.15, -0.1) is 0 Å². The van der Waals surface area contributed by atoms with Crippen molar-refractivity contribution in [2.75, 3.05) is 5.73 Å². The third-order valence-electron chi connectivity index (χ3n) is 2.85. The van der Waals surface area contributed by atoms with Crippen LogP contribution in [0.5, 0.6) is 0 Å². The van der Waals surface area contributed by atoms with E-state index < -0.39 is 0 Å². The molecular weight excluding hydrogens is 210 g/mol. The van der Waals surface area contributed by atoms with Gasteiger partial charge in [0.2, 0.25) is 0 Å². The minimum Gasteiger partial charge on any atom is -0.383 e. The van der Waals surface area contributed by atoms with E-state index in [9.17, 15) is 0 Å². The Labute approximate surface area is 102 Å². The van der Waals surface area contributed by atoms with Gasteiger partial charge in [-0.05, 0) is 18.9 Å². The van der Waals surface area contributed by atoms with Gasteiger partial charge in [0.25, 0.3) is 0 Å². The second-order valence-electron chi connectivity index (χ2n) is 4.10. The number of anilines is 1. The molecule has 1 aromatic heterocycles. The van der Waals surface area contributed by atoms with Crippen molar-refractivity contribution in [1.82, 2.24) is 9.97 Å². The maximum Gasteiger partial charge on any atom is 0.135 e. The Bertz CT molecular complexity index is 483. The SMILES string of the molecule is CCc1c(C)nc(Cc2ccccc2)nc1N. The van der Waals surface area contributed by atoms with Gasteiger partial charge < -0.3 is 5.73 Å². The molecule has 0 radical (unpaired) electrons. The first-order valence-electron chi connectivity index (χ1n) is 5.86. The lowest BCUT2D eigenvalue weighted by molar-refractivity contribution is 0.913. The van der Waals surface area contributed by atoms with Gasteiger partial charge in [0, 0.05) is 17.7 Å². The normalized spacial score (nSPS) is 10.5. The van der Waals surface area contributed by atoms with Gasteiger partial charge in [0.05, 0.1) is 0 Å². The summed E-state index contributed by atoms with van der Waals surface area (Å²) in [5.74, 6) is 1.41. The molecule has 2 N–H and O–H groups in total. The molecule has 17 heavy (non-hydrogen) atoms. The smallest absolute Gasteiger partial charge is 0.135 e. The standard InChI is InChI=1S/C14H17N3/c1-3-12-10(2)16-13(17-14(12)15)9-11-7-5-4-6-8-11/h4-8H,3,9H2,1-2H3,(H2,15,16,17). The van der Waals surface area contributed by atoms with Crippen LogP contribution in [0.25, 0.3) is 0 Å². The van der Waals surface area contributed by atoms with Crippen molar-refractivity contribution in [3.63, 3.8) is 0 Å². The molecule has 0 saturated carbocycles. The summed E-state index contributed by atoms with van der Waals surface area (Å²) in [6, 6.07) is 10.2. The van der Waals surface area contributed by atoms with Crippen LogP contribution in [0.15, 0.2) is 30.3 Å². The Balaban J connectivity index is 2.29. The van der Waals surface area contributed by atoms with Crippen LogP contribution < -0.4 is 5.73 Å². The van der Waals surface area contributed by atoms with Crippen LogP contribution in [0.4, 0.5) is 5.82 Å². The van der Waals surface area contributed by atoms with Crippen molar-refractivity contribution in [1.29, 1.82) is 0 Å². The number of nitrogens with zero attached hydrogens (tertiary/aromatic N) is 2. The number of aromatic nitrogens is 2. The van der Waals surface area contributed by atoms with Gasteiger partial charge in [0.1, 0.15) is 11.6 Å². The van der Waals surface area contributed by atoms with Crippen LogP contribution in [0.1, 0.15) is 29.6 Å². The molecule has 88 valence electrons. The predicted octanol–water partition coefficient (Wildman–Crippen LogP) is 2.52. The molecule has 0 aliphatic carbocycles. The monoisotopic (exact) mass is 227 g/mol. The number of hydrogen-bond donors (Lipinski definition) is 1. The maximum atomic E-state index is 5.94. The van der Waals surface area contributed by atoms with Gasteiger partial charge in [-0.2, -0.15) is 0 Å². The largest absolute Gasteiger partial charge is 0.383 e. The number of nitrogen functional groups attached to an aromatic ring is 1. The topological polar surface area (TPSA) is 51.8 Å². The highest BCUT2D eigenvalue weighted by Gasteiger charge is 2.07. The second kappa shape index (κ2) is 4.95. The van der Waals surface area contributed by atoms with Crippen molar-refractivity contribution in [2.24, 2.45) is 0 Å². The van der Waals surface area contributed by atoms with Crippen molar-refractivity contribution in [2.45, 2.75) is 26.7 Å². The number of rotatable bonds is 3. The maximum absolute atomic E-state index is 5.94. The molecule has 0 saturated heterocycles. The average molecular weight is 227 g/mol. The van der Waals surface area contributed by atoms with Crippen LogP contribution in [0, 0.1) is 6.92 Å². The van der Waals surface area contributed by atoms with E-state index in [-0.39, 0.29) is 0 Å². The Hall–Kier alpha value is -1.90. The fraction of sp³-hybridized carbons (Fsp3) is 0.286. The second-order valence-corrected chi connectivity index (χ2v) is 4.10. The highest BCUT2D eigenvalue weighted by molar-refractivity contribution is 5.42. The van der Waals surface area contributed by atoms with Crippen molar-refractivity contribution in [3.05, 3.63) is 53.0 Å². The lowest BCUT2D eigenvalue weighted by Crippen LogP contribution is -2.07. The molecule has 1 aromatic carbocycles. The summed E-state index contributed by atoms with van der Waals surface area (Å²) in [6.07, 6.45) is 1.61. The van der Waals surface area contributed by atoms with Gasteiger partial charge in [-0.1, -0.05) is 37.3 Å². The van der Waals surface area contributed by atoms with Crippen LogP contribution in [0.3, 0.4) is 0 Å². The molecule has 0 amide bonds. The van der Waals surface area contributed by atoms with E-state index in [1.807, 2.05) is 25.1 Å². The number of benzene rings is 1. The molecule has 0 unspecified atom stereocenters. The summed E-state index contributed by atoms with van der Waals surface area (Å²) < 4.78 is 0. The third-order valence-corrected chi connectivity index (χ3v) is 2.85. The fourth-order valence-corrected chi connectivity index (χ4v) is 1.97. The zero-order valence-corrected chi connectivity index (χ0v) is 10.3. The Kier molecular flexibility index (Phi) is 3.38. The first-order chi connectivity index (χ1) is 8.20. The first kappa shape index (κ1) is 11.6. The molecule has 1 heterocycles. The van der Waals surface area contributed by atoms with E-state index in [0.717, 1.165) is 29.9 Å². The van der Waals surface area contributed by atoms with Crippen LogP contribution in [-0.4, -0.2) is 9.97 Å². The molecule has 0 aliphatic heterocycles. The zero-order valence-electron chi connectivity index (χ0n) is 10.3. The molecule has 2 rings (SSSR count). The van der Waals surface area contributed by atoms with E-state index in [0.29, 0.717) is 5.82 Å². The number of hydrogen-bond acceptors (Lipinski definition) is 3. The Morgan fingerprint density at radius 2 is 1.82 bits per heavy atom. The molecule has 0 aliphatic rings. The van der Waals surface area contributed by atoms with E-state index in [4.69, 9.17) is 5.73 Å². The molecule has 3 nitrogen and oxygen atoms in total. The average Bonchev–Trinajstić information content (AvgIpc) is 2.30. The quantitative estimate of drug-likeness (QED) is 0.876. The van der Waals surface area contributed by atoms with E-state index in [1.165, 1.54) is 5.56 Å². The molecule has 3 heteroatoms. The molecule has 2 aromatic rings. The van der Waals surface area contributed by atoms with Crippen LogP contribution >= 0.6 is 0 Å². The van der Waals surface area contributed by atoms with Gasteiger partial charge in [0.15, 0.2) is 0 Å². The highest BCUT2D eigenvalue weighted by Crippen LogP contribution is 2.15. The minimum absolute atomic E-state index is 0.617. The summed E-state index contributed by atoms with van der Waals surface area (Å²) in [5, 5.41) is 0. The molecule has 0 bridgehead atoms. The van der Waals surface area contributed by atoms with E-state index in [2.05, 4.69) is 29.0 Å². The zero-order chi connectivity index (χ0) is 12.3. The molecular formula is C14H17N3. The lowest BCUT2D eigenvalue weighted by Gasteiger charge is -2.08. The van der Waals surface area contributed by atoms with Gasteiger partial charge in [-0.25, -0.2) is 9.97 Å². The number of aryl methyl sites for hydroxylation is 1. The Morgan fingerprint density at radius 3 is 2.41 bits per heavy atom. The molecule has 0 spiro atoms. The summed E-state index contributed by atoms with van der Waals surface area (Å²) in [4.78, 5) is 8.88. The predicted molar refractivity (Wildman–Crippen MR) is 69.8 cm³/mol. The van der Waals surface area contributed by atoms with E-state index >= 15 is 0 Å². The third kappa shape index (κ3) is 2.61. The van der Waals surface area contributed by atoms with E-state index in [1.54, 1.807) is 0 Å². The van der Waals surface area contributed by atoms with Crippen molar-refractivity contribution in [3.8, 4) is 0 Å². The summed E-state index contributed by atoms with van der Waals surface area (Å²) >= 11 is 0. The number of nitrogens with two attached hydrogens (primary N) is 1. The van der Waals surface area contributed by atoms with Gasteiger partial charge >= 0.3 is 0 Å². The first-order valence-corrected chi connectivity index (χ1v) is 5.86. The Morgan fingerprint density at radius 1 is 1.12 bits per heavy atom. The van der Waals surface area contributed by atoms with Crippen molar-refractivity contribution >= 4 is 5.82 Å². The van der Waals surface area contributed by atoms with Gasteiger partial charge in [-0.3, -0.25) is 0 Å².